The molecule has 0 saturated heterocycles. The molecule has 0 aromatic heterocycles. The van der Waals surface area contributed by atoms with E-state index in [1.54, 1.807) is 0 Å². The monoisotopic (exact) mass is 176 g/mol. The number of likely N-dealkylation sites (N-methyl/N-ethyl adjacent to an activating group) is 2. The maximum Gasteiger partial charge on any atom is 0.0452 e. The second kappa shape index (κ2) is 3.38. The van der Waals surface area contributed by atoms with Crippen molar-refractivity contribution in [3.8, 4) is 0 Å². The average Bonchev–Trinajstić information content (AvgIpc) is 2.46. The Morgan fingerprint density at radius 3 is 2.92 bits per heavy atom. The summed E-state index contributed by atoms with van der Waals surface area (Å²) >= 11 is 0. The smallest absolute Gasteiger partial charge is 0.0452 e. The van der Waals surface area contributed by atoms with E-state index in [4.69, 9.17) is 0 Å². The van der Waals surface area contributed by atoms with Crippen molar-refractivity contribution in [3.63, 3.8) is 0 Å². The van der Waals surface area contributed by atoms with Gasteiger partial charge in [-0.05, 0) is 25.1 Å². The van der Waals surface area contributed by atoms with Crippen LogP contribution >= 0.6 is 0 Å². The van der Waals surface area contributed by atoms with Gasteiger partial charge < -0.3 is 10.2 Å². The summed E-state index contributed by atoms with van der Waals surface area (Å²) in [6.07, 6.45) is 1.17. The molecule has 0 spiro atoms. The minimum atomic E-state index is 0.627. The molecule has 2 nitrogen and oxygen atoms in total. The topological polar surface area (TPSA) is 15.3 Å². The van der Waals surface area contributed by atoms with Crippen molar-refractivity contribution in [3.05, 3.63) is 29.8 Å². The molecule has 1 aliphatic heterocycles. The first-order valence-electron chi connectivity index (χ1n) is 4.78. The van der Waals surface area contributed by atoms with Gasteiger partial charge in [-0.25, -0.2) is 0 Å². The summed E-state index contributed by atoms with van der Waals surface area (Å²) in [5, 5.41) is 3.23. The summed E-state index contributed by atoms with van der Waals surface area (Å²) in [4.78, 5) is 2.37. The van der Waals surface area contributed by atoms with E-state index in [9.17, 15) is 0 Å². The summed E-state index contributed by atoms with van der Waals surface area (Å²) in [7, 11) is 4.19. The minimum Gasteiger partial charge on any atom is -0.370 e. The highest BCUT2D eigenvalue weighted by atomic mass is 15.2. The molecule has 1 N–H and O–H groups in total. The molecule has 0 amide bonds. The first-order chi connectivity index (χ1) is 6.33. The first kappa shape index (κ1) is 8.57. The van der Waals surface area contributed by atoms with Crippen LogP contribution in [0.25, 0.3) is 0 Å². The van der Waals surface area contributed by atoms with Crippen LogP contribution in [0, 0.1) is 0 Å². The lowest BCUT2D eigenvalue weighted by Crippen LogP contribution is -2.36. The van der Waals surface area contributed by atoms with Crippen molar-refractivity contribution in [1.82, 2.24) is 5.32 Å². The maximum atomic E-state index is 3.23. The van der Waals surface area contributed by atoms with Crippen molar-refractivity contribution in [1.29, 1.82) is 0 Å². The van der Waals surface area contributed by atoms with Crippen LogP contribution in [0.4, 0.5) is 5.69 Å². The Morgan fingerprint density at radius 1 is 1.46 bits per heavy atom. The molecule has 0 saturated carbocycles. The van der Waals surface area contributed by atoms with Crippen LogP contribution in [0.15, 0.2) is 24.3 Å². The van der Waals surface area contributed by atoms with E-state index in [-0.39, 0.29) is 0 Å². The van der Waals surface area contributed by atoms with Gasteiger partial charge in [-0.15, -0.1) is 0 Å². The quantitative estimate of drug-likeness (QED) is 0.730. The summed E-state index contributed by atoms with van der Waals surface area (Å²) in [6.45, 7) is 1.06. The highest BCUT2D eigenvalue weighted by Gasteiger charge is 2.24. The zero-order valence-corrected chi connectivity index (χ0v) is 8.25. The molecule has 0 radical (unpaired) electrons. The summed E-state index contributed by atoms with van der Waals surface area (Å²) in [6, 6.07) is 9.28. The Labute approximate surface area is 79.6 Å². The highest BCUT2D eigenvalue weighted by molar-refractivity contribution is 5.58. The van der Waals surface area contributed by atoms with Gasteiger partial charge in [0.1, 0.15) is 0 Å². The number of fused-ring (bicyclic) bond motifs is 1. The Morgan fingerprint density at radius 2 is 2.23 bits per heavy atom. The molecule has 1 heterocycles. The number of anilines is 1. The van der Waals surface area contributed by atoms with E-state index in [2.05, 4.69) is 41.5 Å². The number of hydrogen-bond donors (Lipinski definition) is 1. The predicted molar refractivity (Wildman–Crippen MR) is 56.3 cm³/mol. The Hall–Kier alpha value is -1.02. The molecule has 1 atom stereocenters. The fourth-order valence-corrected chi connectivity index (χ4v) is 2.06. The van der Waals surface area contributed by atoms with Gasteiger partial charge in [0, 0.05) is 25.3 Å². The maximum absolute atomic E-state index is 3.23. The number of nitrogens with zero attached hydrogens (tertiary/aromatic N) is 1. The van der Waals surface area contributed by atoms with Crippen molar-refractivity contribution in [2.75, 3.05) is 25.5 Å². The molecule has 1 aromatic carbocycles. The van der Waals surface area contributed by atoms with Crippen molar-refractivity contribution in [2.24, 2.45) is 0 Å². The molecular formula is C11H16N2. The van der Waals surface area contributed by atoms with E-state index in [1.807, 2.05) is 7.05 Å². The molecule has 2 rings (SSSR count). The lowest BCUT2D eigenvalue weighted by Gasteiger charge is -2.21. The molecule has 1 aliphatic rings. The standard InChI is InChI=1S/C11H16N2/c1-12-8-10-7-9-5-3-4-6-11(9)13(10)2/h3-6,10,12H,7-8H2,1-2H3. The van der Waals surface area contributed by atoms with Crippen LogP contribution in [-0.2, 0) is 6.42 Å². The van der Waals surface area contributed by atoms with Crippen LogP contribution in [0.2, 0.25) is 0 Å². The van der Waals surface area contributed by atoms with Gasteiger partial charge in [0.2, 0.25) is 0 Å². The fourth-order valence-electron chi connectivity index (χ4n) is 2.06. The van der Waals surface area contributed by atoms with E-state index < -0.39 is 0 Å². The molecule has 1 unspecified atom stereocenters. The second-order valence-corrected chi connectivity index (χ2v) is 3.66. The van der Waals surface area contributed by atoms with E-state index in [0.717, 1.165) is 6.54 Å². The number of nitrogens with one attached hydrogen (secondary N) is 1. The van der Waals surface area contributed by atoms with Crippen molar-refractivity contribution >= 4 is 5.69 Å². The molecular weight excluding hydrogens is 160 g/mol. The van der Waals surface area contributed by atoms with Gasteiger partial charge in [-0.2, -0.15) is 0 Å². The lowest BCUT2D eigenvalue weighted by molar-refractivity contribution is 0.614. The third kappa shape index (κ3) is 1.42. The Balaban J connectivity index is 2.22. The van der Waals surface area contributed by atoms with Crippen molar-refractivity contribution < 1.29 is 0 Å². The predicted octanol–water partition coefficient (Wildman–Crippen LogP) is 1.27. The number of hydrogen-bond acceptors (Lipinski definition) is 2. The van der Waals surface area contributed by atoms with Gasteiger partial charge in [0.05, 0.1) is 0 Å². The van der Waals surface area contributed by atoms with Crippen LogP contribution in [0.3, 0.4) is 0 Å². The number of para-hydroxylation sites is 1. The van der Waals surface area contributed by atoms with Crippen molar-refractivity contribution in [2.45, 2.75) is 12.5 Å². The summed E-state index contributed by atoms with van der Waals surface area (Å²) in [5.74, 6) is 0. The number of rotatable bonds is 2. The minimum absolute atomic E-state index is 0.627. The molecule has 1 aromatic rings. The molecule has 70 valence electrons. The van der Waals surface area contributed by atoms with Gasteiger partial charge in [0.25, 0.3) is 0 Å². The zero-order valence-electron chi connectivity index (χ0n) is 8.25. The lowest BCUT2D eigenvalue weighted by atomic mass is 10.1. The average molecular weight is 176 g/mol. The molecule has 0 aliphatic carbocycles. The van der Waals surface area contributed by atoms with Gasteiger partial charge >= 0.3 is 0 Å². The van der Waals surface area contributed by atoms with E-state index in [0.29, 0.717) is 6.04 Å². The SMILES string of the molecule is CNCC1Cc2ccccc2N1C. The van der Waals surface area contributed by atoms with Gasteiger partial charge in [0.15, 0.2) is 0 Å². The third-order valence-electron chi connectivity index (χ3n) is 2.81. The van der Waals surface area contributed by atoms with Gasteiger partial charge in [-0.3, -0.25) is 0 Å². The highest BCUT2D eigenvalue weighted by Crippen LogP contribution is 2.29. The van der Waals surface area contributed by atoms with Crippen LogP contribution in [-0.4, -0.2) is 26.7 Å². The molecule has 0 fully saturated rings. The number of benzene rings is 1. The normalized spacial score (nSPS) is 20.5. The zero-order chi connectivity index (χ0) is 9.26. The van der Waals surface area contributed by atoms with Crippen LogP contribution in [0.5, 0.6) is 0 Å². The third-order valence-corrected chi connectivity index (χ3v) is 2.81. The fraction of sp³-hybridized carbons (Fsp3) is 0.455. The van der Waals surface area contributed by atoms with Crippen LogP contribution < -0.4 is 10.2 Å². The largest absolute Gasteiger partial charge is 0.370 e. The first-order valence-corrected chi connectivity index (χ1v) is 4.78. The van der Waals surface area contributed by atoms with E-state index in [1.165, 1.54) is 17.7 Å². The van der Waals surface area contributed by atoms with Crippen LogP contribution in [0.1, 0.15) is 5.56 Å². The Bertz CT molecular complexity index is 296. The van der Waals surface area contributed by atoms with Gasteiger partial charge in [-0.1, -0.05) is 18.2 Å². The Kier molecular flexibility index (Phi) is 2.23. The second-order valence-electron chi connectivity index (χ2n) is 3.66. The summed E-state index contributed by atoms with van der Waals surface area (Å²) in [5.41, 5.74) is 2.87. The molecule has 2 heteroatoms. The molecule has 13 heavy (non-hydrogen) atoms. The summed E-state index contributed by atoms with van der Waals surface area (Å²) < 4.78 is 0. The molecule has 0 bridgehead atoms. The van der Waals surface area contributed by atoms with E-state index >= 15 is 0 Å².